The van der Waals surface area contributed by atoms with Gasteiger partial charge in [-0.2, -0.15) is 0 Å². The molecule has 0 radical (unpaired) electrons. The molecule has 0 saturated carbocycles. The fourth-order valence-electron chi connectivity index (χ4n) is 1.51. The molecule has 1 N–H and O–H groups in total. The lowest BCUT2D eigenvalue weighted by molar-refractivity contribution is 0.0805. The molecule has 4 heteroatoms. The van der Waals surface area contributed by atoms with Crippen LogP contribution in [0.25, 0.3) is 0 Å². The molecule has 0 bridgehead atoms. The Morgan fingerprint density at radius 1 is 1.22 bits per heavy atom. The van der Waals surface area contributed by atoms with E-state index in [0.717, 1.165) is 16.6 Å². The molecule has 0 amide bonds. The minimum atomic E-state index is -0.537. The SMILES string of the molecule is CC(C)COCCOc1cc(Br)ccc1[C@H](C)O. The highest BCUT2D eigenvalue weighted by Gasteiger charge is 2.09. The average molecular weight is 317 g/mol. The van der Waals surface area contributed by atoms with Gasteiger partial charge in [-0.15, -0.1) is 0 Å². The number of rotatable bonds is 7. The third-order valence-electron chi connectivity index (χ3n) is 2.36. The Morgan fingerprint density at radius 2 is 1.94 bits per heavy atom. The number of aliphatic hydroxyl groups is 1. The lowest BCUT2D eigenvalue weighted by Gasteiger charge is -2.14. The predicted octanol–water partition coefficient (Wildman–Crippen LogP) is 3.55. The standard InChI is InChI=1S/C14H21BrO3/c1-10(2)9-17-6-7-18-14-8-12(15)4-5-13(14)11(3)16/h4-5,8,10-11,16H,6-7,9H2,1-3H3/t11-/m0/s1. The second-order valence-electron chi connectivity index (χ2n) is 4.68. The van der Waals surface area contributed by atoms with E-state index in [2.05, 4.69) is 29.8 Å². The van der Waals surface area contributed by atoms with Crippen molar-refractivity contribution in [1.82, 2.24) is 0 Å². The van der Waals surface area contributed by atoms with E-state index in [4.69, 9.17) is 9.47 Å². The summed E-state index contributed by atoms with van der Waals surface area (Å²) in [6.45, 7) is 7.74. The first kappa shape index (κ1) is 15.5. The van der Waals surface area contributed by atoms with Crippen molar-refractivity contribution in [3.63, 3.8) is 0 Å². The van der Waals surface area contributed by atoms with Crippen LogP contribution in [0.4, 0.5) is 0 Å². The first-order valence-electron chi connectivity index (χ1n) is 6.18. The number of hydrogen-bond donors (Lipinski definition) is 1. The Labute approximate surface area is 117 Å². The fraction of sp³-hybridized carbons (Fsp3) is 0.571. The topological polar surface area (TPSA) is 38.7 Å². The van der Waals surface area contributed by atoms with Gasteiger partial charge in [0, 0.05) is 16.6 Å². The Bertz CT molecular complexity index is 364. The maximum Gasteiger partial charge on any atom is 0.126 e. The summed E-state index contributed by atoms with van der Waals surface area (Å²) in [7, 11) is 0. The minimum absolute atomic E-state index is 0.489. The number of halogens is 1. The van der Waals surface area contributed by atoms with Crippen LogP contribution in [-0.2, 0) is 4.74 Å². The first-order chi connectivity index (χ1) is 8.50. The third kappa shape index (κ3) is 5.38. The summed E-state index contributed by atoms with van der Waals surface area (Å²) >= 11 is 3.39. The van der Waals surface area contributed by atoms with E-state index in [1.54, 1.807) is 6.92 Å². The van der Waals surface area contributed by atoms with Crippen molar-refractivity contribution in [2.75, 3.05) is 19.8 Å². The minimum Gasteiger partial charge on any atom is -0.491 e. The van der Waals surface area contributed by atoms with E-state index in [0.29, 0.717) is 24.9 Å². The summed E-state index contributed by atoms with van der Waals surface area (Å²) in [4.78, 5) is 0. The number of benzene rings is 1. The van der Waals surface area contributed by atoms with Crippen LogP contribution in [0.15, 0.2) is 22.7 Å². The summed E-state index contributed by atoms with van der Waals surface area (Å²) in [5.41, 5.74) is 0.794. The monoisotopic (exact) mass is 316 g/mol. The van der Waals surface area contributed by atoms with Gasteiger partial charge < -0.3 is 14.6 Å². The van der Waals surface area contributed by atoms with E-state index >= 15 is 0 Å². The van der Waals surface area contributed by atoms with Crippen LogP contribution in [0.2, 0.25) is 0 Å². The molecule has 102 valence electrons. The molecular formula is C14H21BrO3. The van der Waals surface area contributed by atoms with Gasteiger partial charge in [0.05, 0.1) is 12.7 Å². The Kier molecular flexibility index (Phi) is 6.68. The van der Waals surface area contributed by atoms with Crippen molar-refractivity contribution in [2.45, 2.75) is 26.9 Å². The van der Waals surface area contributed by atoms with Gasteiger partial charge in [0.15, 0.2) is 0 Å². The molecule has 0 aliphatic heterocycles. The lowest BCUT2D eigenvalue weighted by Crippen LogP contribution is -2.11. The zero-order chi connectivity index (χ0) is 13.5. The molecule has 3 nitrogen and oxygen atoms in total. The van der Waals surface area contributed by atoms with Crippen molar-refractivity contribution in [3.8, 4) is 5.75 Å². The molecule has 0 spiro atoms. The van der Waals surface area contributed by atoms with Gasteiger partial charge in [-0.3, -0.25) is 0 Å². The van der Waals surface area contributed by atoms with Crippen LogP contribution in [-0.4, -0.2) is 24.9 Å². The molecule has 1 rings (SSSR count). The number of aliphatic hydroxyl groups excluding tert-OH is 1. The normalized spacial score (nSPS) is 12.8. The van der Waals surface area contributed by atoms with E-state index in [9.17, 15) is 5.11 Å². The van der Waals surface area contributed by atoms with Crippen molar-refractivity contribution in [2.24, 2.45) is 5.92 Å². The molecule has 0 fully saturated rings. The molecule has 1 atom stereocenters. The molecule has 0 aliphatic rings. The molecule has 0 unspecified atom stereocenters. The van der Waals surface area contributed by atoms with Crippen molar-refractivity contribution in [3.05, 3.63) is 28.2 Å². The van der Waals surface area contributed by atoms with Crippen LogP contribution >= 0.6 is 15.9 Å². The molecule has 1 aromatic carbocycles. The molecular weight excluding hydrogens is 296 g/mol. The van der Waals surface area contributed by atoms with Crippen LogP contribution in [0.3, 0.4) is 0 Å². The Hall–Kier alpha value is -0.580. The highest BCUT2D eigenvalue weighted by molar-refractivity contribution is 9.10. The summed E-state index contributed by atoms with van der Waals surface area (Å²) in [6.07, 6.45) is -0.537. The van der Waals surface area contributed by atoms with Crippen molar-refractivity contribution >= 4 is 15.9 Å². The summed E-state index contributed by atoms with van der Waals surface area (Å²) in [6, 6.07) is 5.62. The van der Waals surface area contributed by atoms with Crippen LogP contribution in [0.1, 0.15) is 32.4 Å². The number of hydrogen-bond acceptors (Lipinski definition) is 3. The molecule has 0 saturated heterocycles. The number of ether oxygens (including phenoxy) is 2. The smallest absolute Gasteiger partial charge is 0.126 e. The van der Waals surface area contributed by atoms with Gasteiger partial charge in [-0.25, -0.2) is 0 Å². The van der Waals surface area contributed by atoms with E-state index in [1.165, 1.54) is 0 Å². The maximum atomic E-state index is 9.64. The van der Waals surface area contributed by atoms with Gasteiger partial charge >= 0.3 is 0 Å². The highest BCUT2D eigenvalue weighted by Crippen LogP contribution is 2.28. The van der Waals surface area contributed by atoms with E-state index in [-0.39, 0.29) is 0 Å². The molecule has 0 aliphatic carbocycles. The third-order valence-corrected chi connectivity index (χ3v) is 2.86. The highest BCUT2D eigenvalue weighted by atomic mass is 79.9. The van der Waals surface area contributed by atoms with Gasteiger partial charge in [0.1, 0.15) is 12.4 Å². The average Bonchev–Trinajstić information content (AvgIpc) is 2.27. The summed E-state index contributed by atoms with van der Waals surface area (Å²) < 4.78 is 12.0. The van der Waals surface area contributed by atoms with Gasteiger partial charge in [-0.05, 0) is 25.0 Å². The lowest BCUT2D eigenvalue weighted by atomic mass is 10.1. The molecule has 0 aromatic heterocycles. The summed E-state index contributed by atoms with van der Waals surface area (Å²) in [5.74, 6) is 1.23. The zero-order valence-electron chi connectivity index (χ0n) is 11.1. The predicted molar refractivity (Wildman–Crippen MR) is 75.9 cm³/mol. The van der Waals surface area contributed by atoms with Gasteiger partial charge in [0.25, 0.3) is 0 Å². The fourth-order valence-corrected chi connectivity index (χ4v) is 1.85. The second kappa shape index (κ2) is 7.77. The van der Waals surface area contributed by atoms with Crippen molar-refractivity contribution in [1.29, 1.82) is 0 Å². The zero-order valence-corrected chi connectivity index (χ0v) is 12.7. The summed E-state index contributed by atoms with van der Waals surface area (Å²) in [5, 5.41) is 9.64. The maximum absolute atomic E-state index is 9.64. The van der Waals surface area contributed by atoms with Crippen molar-refractivity contribution < 1.29 is 14.6 Å². The van der Waals surface area contributed by atoms with Crippen LogP contribution in [0.5, 0.6) is 5.75 Å². The molecule has 1 aromatic rings. The van der Waals surface area contributed by atoms with Gasteiger partial charge in [0.2, 0.25) is 0 Å². The van der Waals surface area contributed by atoms with E-state index in [1.807, 2.05) is 18.2 Å². The molecule has 0 heterocycles. The van der Waals surface area contributed by atoms with Gasteiger partial charge in [-0.1, -0.05) is 35.8 Å². The Morgan fingerprint density at radius 3 is 2.56 bits per heavy atom. The van der Waals surface area contributed by atoms with Crippen LogP contribution < -0.4 is 4.74 Å². The Balaban J connectivity index is 2.48. The molecule has 18 heavy (non-hydrogen) atoms. The second-order valence-corrected chi connectivity index (χ2v) is 5.59. The van der Waals surface area contributed by atoms with Crippen LogP contribution in [0, 0.1) is 5.92 Å². The largest absolute Gasteiger partial charge is 0.491 e. The van der Waals surface area contributed by atoms with E-state index < -0.39 is 6.10 Å². The quantitative estimate of drug-likeness (QED) is 0.782. The first-order valence-corrected chi connectivity index (χ1v) is 6.98.